The normalized spacial score (nSPS) is 10.3. The van der Waals surface area contributed by atoms with Crippen LogP contribution >= 0.6 is 0 Å². The maximum Gasteiger partial charge on any atom is 0.257 e. The van der Waals surface area contributed by atoms with Crippen molar-refractivity contribution in [3.63, 3.8) is 0 Å². The van der Waals surface area contributed by atoms with Crippen molar-refractivity contribution in [2.24, 2.45) is 0 Å². The van der Waals surface area contributed by atoms with Gasteiger partial charge in [-0.05, 0) is 36.8 Å². The maximum atomic E-state index is 12.7. The standard InChI is InChI=1S/C22H23N3O2/c1-2-3-13-24-18-14-17(15-23-16-18)22(26)25-20-11-7-8-12-21(20)27-19-9-5-4-6-10-19/h4-12,14-16,24H,2-3,13H2,1H3,(H,25,26). The molecule has 2 aromatic carbocycles. The van der Waals surface area contributed by atoms with Gasteiger partial charge >= 0.3 is 0 Å². The smallest absolute Gasteiger partial charge is 0.257 e. The number of pyridine rings is 1. The first kappa shape index (κ1) is 18.5. The fourth-order valence-corrected chi connectivity index (χ4v) is 2.54. The summed E-state index contributed by atoms with van der Waals surface area (Å²) in [7, 11) is 0. The largest absolute Gasteiger partial charge is 0.455 e. The van der Waals surface area contributed by atoms with E-state index in [4.69, 9.17) is 4.74 Å². The van der Waals surface area contributed by atoms with Crippen molar-refractivity contribution in [1.29, 1.82) is 0 Å². The first-order valence-electron chi connectivity index (χ1n) is 9.08. The molecule has 0 saturated heterocycles. The number of carbonyl (C=O) groups is 1. The fourth-order valence-electron chi connectivity index (χ4n) is 2.54. The van der Waals surface area contributed by atoms with E-state index in [1.54, 1.807) is 18.5 Å². The number of rotatable bonds is 8. The van der Waals surface area contributed by atoms with Crippen molar-refractivity contribution >= 4 is 17.3 Å². The number of amides is 1. The zero-order valence-corrected chi connectivity index (χ0v) is 15.3. The van der Waals surface area contributed by atoms with E-state index in [-0.39, 0.29) is 5.91 Å². The zero-order chi connectivity index (χ0) is 18.9. The predicted molar refractivity (Wildman–Crippen MR) is 109 cm³/mol. The van der Waals surface area contributed by atoms with Crippen LogP contribution in [0.5, 0.6) is 11.5 Å². The van der Waals surface area contributed by atoms with Gasteiger partial charge in [-0.1, -0.05) is 43.7 Å². The highest BCUT2D eigenvalue weighted by Gasteiger charge is 2.11. The highest BCUT2D eigenvalue weighted by atomic mass is 16.5. The molecule has 3 aromatic rings. The second-order valence-electron chi connectivity index (χ2n) is 6.11. The highest BCUT2D eigenvalue weighted by Crippen LogP contribution is 2.29. The number of benzene rings is 2. The number of aromatic nitrogens is 1. The number of nitrogens with one attached hydrogen (secondary N) is 2. The van der Waals surface area contributed by atoms with Gasteiger partial charge in [-0.3, -0.25) is 9.78 Å². The summed E-state index contributed by atoms with van der Waals surface area (Å²) in [6.45, 7) is 3.00. The van der Waals surface area contributed by atoms with Gasteiger partial charge in [0, 0.05) is 18.9 Å². The molecule has 27 heavy (non-hydrogen) atoms. The lowest BCUT2D eigenvalue weighted by Gasteiger charge is -2.12. The van der Waals surface area contributed by atoms with E-state index in [9.17, 15) is 4.79 Å². The molecular weight excluding hydrogens is 338 g/mol. The summed E-state index contributed by atoms with van der Waals surface area (Å²) in [5.41, 5.74) is 1.94. The molecule has 1 heterocycles. The molecular formula is C22H23N3O2. The summed E-state index contributed by atoms with van der Waals surface area (Å²) in [5, 5.41) is 6.19. The summed E-state index contributed by atoms with van der Waals surface area (Å²) >= 11 is 0. The van der Waals surface area contributed by atoms with Gasteiger partial charge < -0.3 is 15.4 Å². The molecule has 0 aliphatic heterocycles. The Morgan fingerprint density at radius 2 is 1.81 bits per heavy atom. The molecule has 0 atom stereocenters. The van der Waals surface area contributed by atoms with E-state index in [2.05, 4.69) is 22.5 Å². The molecule has 5 heteroatoms. The number of unbranched alkanes of at least 4 members (excludes halogenated alkanes) is 1. The summed E-state index contributed by atoms with van der Waals surface area (Å²) in [5.74, 6) is 1.07. The van der Waals surface area contributed by atoms with Crippen molar-refractivity contribution in [3.05, 3.63) is 78.6 Å². The summed E-state index contributed by atoms with van der Waals surface area (Å²) < 4.78 is 5.89. The van der Waals surface area contributed by atoms with Crippen molar-refractivity contribution in [2.75, 3.05) is 17.2 Å². The molecule has 2 N–H and O–H groups in total. The van der Waals surface area contributed by atoms with Crippen LogP contribution in [0.1, 0.15) is 30.1 Å². The lowest BCUT2D eigenvalue weighted by Crippen LogP contribution is -2.13. The molecule has 0 radical (unpaired) electrons. The quantitative estimate of drug-likeness (QED) is 0.532. The van der Waals surface area contributed by atoms with Crippen LogP contribution < -0.4 is 15.4 Å². The molecule has 0 aliphatic carbocycles. The summed E-state index contributed by atoms with van der Waals surface area (Å²) in [6, 6.07) is 18.6. The molecule has 0 aliphatic rings. The number of hydrogen-bond acceptors (Lipinski definition) is 4. The molecule has 0 saturated carbocycles. The van der Waals surface area contributed by atoms with Crippen LogP contribution in [0.2, 0.25) is 0 Å². The topological polar surface area (TPSA) is 63.2 Å². The summed E-state index contributed by atoms with van der Waals surface area (Å²) in [4.78, 5) is 16.8. The number of para-hydroxylation sites is 3. The second kappa shape index (κ2) is 9.38. The lowest BCUT2D eigenvalue weighted by atomic mass is 10.2. The van der Waals surface area contributed by atoms with Gasteiger partial charge in [0.15, 0.2) is 5.75 Å². The molecule has 0 spiro atoms. The van der Waals surface area contributed by atoms with Gasteiger partial charge in [0.05, 0.1) is 16.9 Å². The lowest BCUT2D eigenvalue weighted by molar-refractivity contribution is 0.102. The van der Waals surface area contributed by atoms with Crippen LogP contribution in [-0.4, -0.2) is 17.4 Å². The molecule has 1 aromatic heterocycles. The van der Waals surface area contributed by atoms with Crippen LogP contribution in [0.4, 0.5) is 11.4 Å². The second-order valence-corrected chi connectivity index (χ2v) is 6.11. The number of hydrogen-bond donors (Lipinski definition) is 2. The number of carbonyl (C=O) groups excluding carboxylic acids is 1. The Balaban J connectivity index is 1.72. The van der Waals surface area contributed by atoms with Gasteiger partial charge in [-0.2, -0.15) is 0 Å². The molecule has 5 nitrogen and oxygen atoms in total. The molecule has 1 amide bonds. The minimum Gasteiger partial charge on any atom is -0.455 e. The Morgan fingerprint density at radius 3 is 2.63 bits per heavy atom. The molecule has 0 unspecified atom stereocenters. The van der Waals surface area contributed by atoms with E-state index < -0.39 is 0 Å². The van der Waals surface area contributed by atoms with Crippen LogP contribution in [0.3, 0.4) is 0 Å². The monoisotopic (exact) mass is 361 g/mol. The van der Waals surface area contributed by atoms with E-state index in [1.165, 1.54) is 0 Å². The van der Waals surface area contributed by atoms with Crippen LogP contribution in [0.25, 0.3) is 0 Å². The van der Waals surface area contributed by atoms with E-state index in [1.807, 2.05) is 54.6 Å². The first-order chi connectivity index (χ1) is 13.3. The Labute approximate surface area is 159 Å². The van der Waals surface area contributed by atoms with Crippen molar-refractivity contribution in [1.82, 2.24) is 4.98 Å². The number of ether oxygens (including phenoxy) is 1. The Kier molecular flexibility index (Phi) is 6.41. The Bertz CT molecular complexity index is 881. The third kappa shape index (κ3) is 5.31. The minimum atomic E-state index is -0.231. The molecule has 3 rings (SSSR count). The third-order valence-electron chi connectivity index (χ3n) is 3.97. The van der Waals surface area contributed by atoms with Crippen LogP contribution in [-0.2, 0) is 0 Å². The molecule has 0 fully saturated rings. The van der Waals surface area contributed by atoms with Gasteiger partial charge in [-0.25, -0.2) is 0 Å². The highest BCUT2D eigenvalue weighted by molar-refractivity contribution is 6.05. The Morgan fingerprint density at radius 1 is 1.04 bits per heavy atom. The van der Waals surface area contributed by atoms with E-state index in [0.29, 0.717) is 22.7 Å². The van der Waals surface area contributed by atoms with Crippen LogP contribution in [0, 0.1) is 0 Å². The predicted octanol–water partition coefficient (Wildman–Crippen LogP) is 5.34. The van der Waals surface area contributed by atoms with Gasteiger partial charge in [0.1, 0.15) is 5.75 Å². The number of nitrogens with zero attached hydrogens (tertiary/aromatic N) is 1. The SMILES string of the molecule is CCCCNc1cncc(C(=O)Nc2ccccc2Oc2ccccc2)c1. The van der Waals surface area contributed by atoms with E-state index >= 15 is 0 Å². The third-order valence-corrected chi connectivity index (χ3v) is 3.97. The van der Waals surface area contributed by atoms with Gasteiger partial charge in [-0.15, -0.1) is 0 Å². The maximum absolute atomic E-state index is 12.7. The first-order valence-corrected chi connectivity index (χ1v) is 9.08. The molecule has 0 bridgehead atoms. The van der Waals surface area contributed by atoms with Gasteiger partial charge in [0.2, 0.25) is 0 Å². The van der Waals surface area contributed by atoms with Gasteiger partial charge in [0.25, 0.3) is 5.91 Å². The van der Waals surface area contributed by atoms with Crippen molar-refractivity contribution < 1.29 is 9.53 Å². The van der Waals surface area contributed by atoms with E-state index in [0.717, 1.165) is 25.1 Å². The molecule has 138 valence electrons. The zero-order valence-electron chi connectivity index (χ0n) is 15.3. The minimum absolute atomic E-state index is 0.231. The van der Waals surface area contributed by atoms with Crippen LogP contribution in [0.15, 0.2) is 73.1 Å². The fraction of sp³-hybridized carbons (Fsp3) is 0.182. The summed E-state index contributed by atoms with van der Waals surface area (Å²) in [6.07, 6.45) is 5.46. The van der Waals surface area contributed by atoms with Crippen molar-refractivity contribution in [3.8, 4) is 11.5 Å². The van der Waals surface area contributed by atoms with Crippen molar-refractivity contribution in [2.45, 2.75) is 19.8 Å². The average molecular weight is 361 g/mol. The Hall–Kier alpha value is -3.34. The average Bonchev–Trinajstić information content (AvgIpc) is 2.71. The number of anilines is 2.